The maximum Gasteiger partial charge on any atom is 0.0366 e. The molecule has 0 atom stereocenters. The topological polar surface area (TPSA) is 29.3 Å². The molecule has 0 unspecified atom stereocenters. The van der Waals surface area contributed by atoms with Crippen LogP contribution in [-0.2, 0) is 0 Å². The molecule has 0 aliphatic carbocycles. The molecule has 0 radical (unpaired) electrons. The van der Waals surface area contributed by atoms with Crippen LogP contribution in [0.5, 0.6) is 0 Å². The van der Waals surface area contributed by atoms with E-state index in [4.69, 9.17) is 5.73 Å². The van der Waals surface area contributed by atoms with Crippen molar-refractivity contribution in [3.8, 4) is 0 Å². The SMILES string of the molecule is CCCCN(CCCCN)c1ccccc1. The molecule has 0 spiro atoms. The van der Waals surface area contributed by atoms with Crippen molar-refractivity contribution >= 4 is 5.69 Å². The van der Waals surface area contributed by atoms with Crippen molar-refractivity contribution in [2.45, 2.75) is 32.6 Å². The zero-order valence-corrected chi connectivity index (χ0v) is 10.4. The zero-order chi connectivity index (χ0) is 11.6. The molecule has 16 heavy (non-hydrogen) atoms. The van der Waals surface area contributed by atoms with E-state index in [9.17, 15) is 0 Å². The highest BCUT2D eigenvalue weighted by Gasteiger charge is 2.04. The average molecular weight is 220 g/mol. The Morgan fingerprint density at radius 3 is 2.31 bits per heavy atom. The normalized spacial score (nSPS) is 10.4. The minimum Gasteiger partial charge on any atom is -0.372 e. The largest absolute Gasteiger partial charge is 0.372 e. The Kier molecular flexibility index (Phi) is 6.66. The summed E-state index contributed by atoms with van der Waals surface area (Å²) in [6.07, 6.45) is 4.82. The first-order valence-corrected chi connectivity index (χ1v) is 6.38. The molecule has 0 saturated heterocycles. The van der Waals surface area contributed by atoms with E-state index in [1.807, 2.05) is 0 Å². The number of hydrogen-bond donors (Lipinski definition) is 1. The molecule has 0 amide bonds. The molecule has 90 valence electrons. The fourth-order valence-electron chi connectivity index (χ4n) is 1.80. The monoisotopic (exact) mass is 220 g/mol. The van der Waals surface area contributed by atoms with Crippen molar-refractivity contribution < 1.29 is 0 Å². The Balaban J connectivity index is 2.49. The molecule has 1 aromatic rings. The van der Waals surface area contributed by atoms with Crippen molar-refractivity contribution in [3.05, 3.63) is 30.3 Å². The van der Waals surface area contributed by atoms with Gasteiger partial charge in [-0.15, -0.1) is 0 Å². The van der Waals surface area contributed by atoms with Gasteiger partial charge in [-0.2, -0.15) is 0 Å². The van der Waals surface area contributed by atoms with Gasteiger partial charge in [-0.1, -0.05) is 31.5 Å². The van der Waals surface area contributed by atoms with E-state index in [0.29, 0.717) is 0 Å². The average Bonchev–Trinajstić information content (AvgIpc) is 2.35. The number of nitrogens with two attached hydrogens (primary N) is 1. The Labute approximate surface area is 99.5 Å². The quantitative estimate of drug-likeness (QED) is 0.682. The van der Waals surface area contributed by atoms with Gasteiger partial charge in [0.1, 0.15) is 0 Å². The second-order valence-corrected chi connectivity index (χ2v) is 4.17. The van der Waals surface area contributed by atoms with Crippen LogP contribution in [0.1, 0.15) is 32.6 Å². The Hall–Kier alpha value is -1.02. The smallest absolute Gasteiger partial charge is 0.0366 e. The Morgan fingerprint density at radius 2 is 1.69 bits per heavy atom. The number of para-hydroxylation sites is 1. The highest BCUT2D eigenvalue weighted by Crippen LogP contribution is 2.14. The van der Waals surface area contributed by atoms with Gasteiger partial charge in [-0.3, -0.25) is 0 Å². The minimum atomic E-state index is 0.802. The van der Waals surface area contributed by atoms with Crippen LogP contribution in [0.4, 0.5) is 5.69 Å². The van der Waals surface area contributed by atoms with Gasteiger partial charge < -0.3 is 10.6 Å². The third-order valence-corrected chi connectivity index (χ3v) is 2.79. The summed E-state index contributed by atoms with van der Waals surface area (Å²) < 4.78 is 0. The first-order chi connectivity index (χ1) is 7.88. The molecule has 1 aromatic carbocycles. The van der Waals surface area contributed by atoms with E-state index in [2.05, 4.69) is 42.2 Å². The summed E-state index contributed by atoms with van der Waals surface area (Å²) in [5, 5.41) is 0. The number of unbranched alkanes of at least 4 members (excludes halogenated alkanes) is 2. The summed E-state index contributed by atoms with van der Waals surface area (Å²) in [4.78, 5) is 2.47. The van der Waals surface area contributed by atoms with Gasteiger partial charge >= 0.3 is 0 Å². The maximum absolute atomic E-state index is 5.54. The second kappa shape index (κ2) is 8.17. The first kappa shape index (κ1) is 13.0. The summed E-state index contributed by atoms with van der Waals surface area (Å²) in [5.41, 5.74) is 6.88. The Morgan fingerprint density at radius 1 is 1.00 bits per heavy atom. The van der Waals surface area contributed by atoms with E-state index in [0.717, 1.165) is 26.1 Å². The summed E-state index contributed by atoms with van der Waals surface area (Å²) in [6.45, 7) is 5.33. The molecule has 0 aliphatic heterocycles. The molecular weight excluding hydrogens is 196 g/mol. The highest BCUT2D eigenvalue weighted by molar-refractivity contribution is 5.45. The predicted octanol–water partition coefficient (Wildman–Crippen LogP) is 3.03. The summed E-state index contributed by atoms with van der Waals surface area (Å²) in [5.74, 6) is 0. The minimum absolute atomic E-state index is 0.802. The molecule has 2 heteroatoms. The van der Waals surface area contributed by atoms with Crippen molar-refractivity contribution in [3.63, 3.8) is 0 Å². The lowest BCUT2D eigenvalue weighted by molar-refractivity contribution is 0.664. The van der Waals surface area contributed by atoms with Crippen molar-refractivity contribution in [1.29, 1.82) is 0 Å². The lowest BCUT2D eigenvalue weighted by atomic mass is 10.2. The lowest BCUT2D eigenvalue weighted by Gasteiger charge is -2.24. The van der Waals surface area contributed by atoms with Crippen molar-refractivity contribution in [2.75, 3.05) is 24.5 Å². The lowest BCUT2D eigenvalue weighted by Crippen LogP contribution is -2.26. The Bertz CT molecular complexity index is 259. The van der Waals surface area contributed by atoms with Gasteiger partial charge in [0.15, 0.2) is 0 Å². The van der Waals surface area contributed by atoms with Crippen LogP contribution in [0.2, 0.25) is 0 Å². The van der Waals surface area contributed by atoms with Crippen LogP contribution in [0.3, 0.4) is 0 Å². The van der Waals surface area contributed by atoms with Crippen molar-refractivity contribution in [1.82, 2.24) is 0 Å². The van der Waals surface area contributed by atoms with E-state index < -0.39 is 0 Å². The van der Waals surface area contributed by atoms with Gasteiger partial charge in [0.25, 0.3) is 0 Å². The highest BCUT2D eigenvalue weighted by atomic mass is 15.1. The van der Waals surface area contributed by atoms with Gasteiger partial charge in [0.2, 0.25) is 0 Å². The fourth-order valence-corrected chi connectivity index (χ4v) is 1.80. The van der Waals surface area contributed by atoms with Gasteiger partial charge in [-0.25, -0.2) is 0 Å². The number of rotatable bonds is 8. The summed E-state index contributed by atoms with van der Waals surface area (Å²) in [6, 6.07) is 10.7. The zero-order valence-electron chi connectivity index (χ0n) is 10.4. The van der Waals surface area contributed by atoms with E-state index >= 15 is 0 Å². The number of benzene rings is 1. The number of nitrogens with zero attached hydrogens (tertiary/aromatic N) is 1. The van der Waals surface area contributed by atoms with E-state index in [1.54, 1.807) is 0 Å². The van der Waals surface area contributed by atoms with E-state index in [-0.39, 0.29) is 0 Å². The third kappa shape index (κ3) is 4.67. The molecule has 2 nitrogen and oxygen atoms in total. The third-order valence-electron chi connectivity index (χ3n) is 2.79. The molecule has 1 rings (SSSR count). The molecule has 0 fully saturated rings. The molecule has 0 heterocycles. The molecule has 0 saturated carbocycles. The molecule has 0 aromatic heterocycles. The second-order valence-electron chi connectivity index (χ2n) is 4.17. The number of hydrogen-bond acceptors (Lipinski definition) is 2. The van der Waals surface area contributed by atoms with Gasteiger partial charge in [-0.05, 0) is 37.9 Å². The van der Waals surface area contributed by atoms with Crippen LogP contribution in [0.25, 0.3) is 0 Å². The van der Waals surface area contributed by atoms with Gasteiger partial charge in [0, 0.05) is 18.8 Å². The molecule has 0 aliphatic rings. The standard InChI is InChI=1S/C14H24N2/c1-2-3-12-16(13-8-7-11-15)14-9-5-4-6-10-14/h4-6,9-10H,2-3,7-8,11-13,15H2,1H3. The summed E-state index contributed by atoms with van der Waals surface area (Å²) in [7, 11) is 0. The molecule has 2 N–H and O–H groups in total. The predicted molar refractivity (Wildman–Crippen MR) is 71.9 cm³/mol. The van der Waals surface area contributed by atoms with Crippen LogP contribution >= 0.6 is 0 Å². The van der Waals surface area contributed by atoms with Crippen LogP contribution < -0.4 is 10.6 Å². The van der Waals surface area contributed by atoms with Crippen LogP contribution in [0.15, 0.2) is 30.3 Å². The first-order valence-electron chi connectivity index (χ1n) is 6.38. The molecular formula is C14H24N2. The van der Waals surface area contributed by atoms with E-state index in [1.165, 1.54) is 24.9 Å². The molecule has 0 bridgehead atoms. The maximum atomic E-state index is 5.54. The summed E-state index contributed by atoms with van der Waals surface area (Å²) >= 11 is 0. The van der Waals surface area contributed by atoms with Gasteiger partial charge in [0.05, 0.1) is 0 Å². The van der Waals surface area contributed by atoms with Crippen LogP contribution in [0, 0.1) is 0 Å². The van der Waals surface area contributed by atoms with Crippen LogP contribution in [-0.4, -0.2) is 19.6 Å². The van der Waals surface area contributed by atoms with Crippen molar-refractivity contribution in [2.24, 2.45) is 5.73 Å². The number of anilines is 1. The fraction of sp³-hybridized carbons (Fsp3) is 0.571.